The number of aromatic nitrogens is 2. The SMILES string of the molecule is CCCc1noc(COc2ccc(CN)cc2OCC)n1. The Bertz CT molecular complexity index is 569. The average molecular weight is 291 g/mol. The van der Waals surface area contributed by atoms with E-state index >= 15 is 0 Å². The largest absolute Gasteiger partial charge is 0.490 e. The van der Waals surface area contributed by atoms with Crippen LogP contribution in [0.5, 0.6) is 11.5 Å². The van der Waals surface area contributed by atoms with Gasteiger partial charge in [0.05, 0.1) is 6.61 Å². The van der Waals surface area contributed by atoms with Crippen molar-refractivity contribution in [2.24, 2.45) is 5.73 Å². The van der Waals surface area contributed by atoms with E-state index in [0.29, 0.717) is 36.4 Å². The number of hydrogen-bond acceptors (Lipinski definition) is 6. The summed E-state index contributed by atoms with van der Waals surface area (Å²) in [7, 11) is 0. The number of aryl methyl sites for hydroxylation is 1. The molecule has 0 bridgehead atoms. The van der Waals surface area contributed by atoms with Crippen molar-refractivity contribution in [3.8, 4) is 11.5 Å². The van der Waals surface area contributed by atoms with Gasteiger partial charge in [-0.15, -0.1) is 0 Å². The summed E-state index contributed by atoms with van der Waals surface area (Å²) in [6, 6.07) is 5.64. The number of hydrogen-bond donors (Lipinski definition) is 1. The van der Waals surface area contributed by atoms with E-state index in [0.717, 1.165) is 18.4 Å². The molecule has 1 heterocycles. The Morgan fingerprint density at radius 2 is 2.05 bits per heavy atom. The molecule has 0 saturated heterocycles. The molecule has 1 aromatic carbocycles. The Balaban J connectivity index is 2.04. The van der Waals surface area contributed by atoms with Crippen LogP contribution in [-0.4, -0.2) is 16.7 Å². The van der Waals surface area contributed by atoms with Crippen molar-refractivity contribution < 1.29 is 14.0 Å². The van der Waals surface area contributed by atoms with Gasteiger partial charge in [-0.3, -0.25) is 0 Å². The topological polar surface area (TPSA) is 83.4 Å². The van der Waals surface area contributed by atoms with E-state index in [1.54, 1.807) is 0 Å². The maximum absolute atomic E-state index is 5.70. The molecular formula is C15H21N3O3. The minimum atomic E-state index is 0.221. The Kier molecular flexibility index (Phi) is 5.57. The summed E-state index contributed by atoms with van der Waals surface area (Å²) in [6.45, 7) is 5.24. The highest BCUT2D eigenvalue weighted by molar-refractivity contribution is 5.43. The minimum Gasteiger partial charge on any atom is -0.490 e. The molecule has 0 aliphatic rings. The first kappa shape index (κ1) is 15.3. The van der Waals surface area contributed by atoms with E-state index in [1.165, 1.54) is 0 Å². The monoisotopic (exact) mass is 291 g/mol. The Labute approximate surface area is 124 Å². The van der Waals surface area contributed by atoms with Crippen molar-refractivity contribution >= 4 is 0 Å². The predicted molar refractivity (Wildman–Crippen MR) is 78.1 cm³/mol. The lowest BCUT2D eigenvalue weighted by Gasteiger charge is -2.11. The van der Waals surface area contributed by atoms with Crippen LogP contribution >= 0.6 is 0 Å². The molecule has 2 N–H and O–H groups in total. The van der Waals surface area contributed by atoms with Crippen LogP contribution in [0.4, 0.5) is 0 Å². The fraction of sp³-hybridized carbons (Fsp3) is 0.467. The van der Waals surface area contributed by atoms with Gasteiger partial charge in [-0.2, -0.15) is 4.98 Å². The first-order chi connectivity index (χ1) is 10.3. The normalized spacial score (nSPS) is 10.6. The van der Waals surface area contributed by atoms with Crippen LogP contribution in [0, 0.1) is 0 Å². The maximum atomic E-state index is 5.70. The van der Waals surface area contributed by atoms with Crippen molar-refractivity contribution in [1.29, 1.82) is 0 Å². The molecule has 1 aromatic heterocycles. The highest BCUT2D eigenvalue weighted by Crippen LogP contribution is 2.29. The van der Waals surface area contributed by atoms with Crippen molar-refractivity contribution in [2.45, 2.75) is 39.8 Å². The zero-order valence-corrected chi connectivity index (χ0v) is 12.5. The summed E-state index contributed by atoms with van der Waals surface area (Å²) in [4.78, 5) is 4.26. The number of nitrogens with two attached hydrogens (primary N) is 1. The highest BCUT2D eigenvalue weighted by Gasteiger charge is 2.10. The van der Waals surface area contributed by atoms with Crippen LogP contribution < -0.4 is 15.2 Å². The van der Waals surface area contributed by atoms with Gasteiger partial charge in [0.1, 0.15) is 0 Å². The number of ether oxygens (including phenoxy) is 2. The fourth-order valence-electron chi connectivity index (χ4n) is 1.88. The lowest BCUT2D eigenvalue weighted by molar-refractivity contribution is 0.228. The first-order valence-electron chi connectivity index (χ1n) is 7.16. The first-order valence-corrected chi connectivity index (χ1v) is 7.16. The highest BCUT2D eigenvalue weighted by atomic mass is 16.5. The standard InChI is InChI=1S/C15H21N3O3/c1-3-5-14-17-15(21-18-14)10-20-12-7-6-11(9-16)8-13(12)19-4-2/h6-8H,3-5,9-10,16H2,1-2H3. The van der Waals surface area contributed by atoms with Crippen LogP contribution in [0.3, 0.4) is 0 Å². The summed E-state index contributed by atoms with van der Waals surface area (Å²) in [6.07, 6.45) is 1.79. The fourth-order valence-corrected chi connectivity index (χ4v) is 1.88. The molecule has 0 aliphatic carbocycles. The van der Waals surface area contributed by atoms with Crippen molar-refractivity contribution in [3.05, 3.63) is 35.5 Å². The number of benzene rings is 1. The predicted octanol–water partition coefficient (Wildman–Crippen LogP) is 2.46. The molecule has 0 saturated carbocycles. The zero-order valence-electron chi connectivity index (χ0n) is 12.5. The molecule has 6 heteroatoms. The van der Waals surface area contributed by atoms with E-state index in [9.17, 15) is 0 Å². The molecular weight excluding hydrogens is 270 g/mol. The van der Waals surface area contributed by atoms with Crippen molar-refractivity contribution in [3.63, 3.8) is 0 Å². The molecule has 6 nitrogen and oxygen atoms in total. The van der Waals surface area contributed by atoms with Crippen LogP contribution in [0.15, 0.2) is 22.7 Å². The molecule has 0 unspecified atom stereocenters. The van der Waals surface area contributed by atoms with Gasteiger partial charge in [0.25, 0.3) is 5.89 Å². The third-order valence-corrected chi connectivity index (χ3v) is 2.88. The molecule has 2 rings (SSSR count). The van der Waals surface area contributed by atoms with Crippen LogP contribution in [0.25, 0.3) is 0 Å². The summed E-state index contributed by atoms with van der Waals surface area (Å²) in [5.74, 6) is 2.49. The van der Waals surface area contributed by atoms with Gasteiger partial charge in [0.15, 0.2) is 23.9 Å². The smallest absolute Gasteiger partial charge is 0.264 e. The Hall–Kier alpha value is -2.08. The molecule has 0 spiro atoms. The van der Waals surface area contributed by atoms with E-state index in [4.69, 9.17) is 19.7 Å². The number of nitrogens with zero attached hydrogens (tertiary/aromatic N) is 2. The second-order valence-electron chi connectivity index (χ2n) is 4.56. The van der Waals surface area contributed by atoms with Crippen molar-refractivity contribution in [2.75, 3.05) is 6.61 Å². The average Bonchev–Trinajstić information content (AvgIpc) is 2.94. The molecule has 0 atom stereocenters. The summed E-state index contributed by atoms with van der Waals surface area (Å²) >= 11 is 0. The second-order valence-corrected chi connectivity index (χ2v) is 4.56. The van der Waals surface area contributed by atoms with Gasteiger partial charge in [-0.1, -0.05) is 18.1 Å². The summed E-state index contributed by atoms with van der Waals surface area (Å²) in [5, 5.41) is 3.89. The van der Waals surface area contributed by atoms with Gasteiger partial charge in [0.2, 0.25) is 0 Å². The van der Waals surface area contributed by atoms with Crippen molar-refractivity contribution in [1.82, 2.24) is 10.1 Å². The molecule has 0 radical (unpaired) electrons. The lowest BCUT2D eigenvalue weighted by atomic mass is 10.2. The van der Waals surface area contributed by atoms with Gasteiger partial charge >= 0.3 is 0 Å². The molecule has 0 aliphatic heterocycles. The second kappa shape index (κ2) is 7.64. The summed E-state index contributed by atoms with van der Waals surface area (Å²) < 4.78 is 16.4. The van der Waals surface area contributed by atoms with Crippen LogP contribution in [-0.2, 0) is 19.6 Å². The zero-order chi connectivity index (χ0) is 15.1. The van der Waals surface area contributed by atoms with E-state index < -0.39 is 0 Å². The Morgan fingerprint density at radius 3 is 2.76 bits per heavy atom. The molecule has 0 amide bonds. The molecule has 114 valence electrons. The molecule has 2 aromatic rings. The third-order valence-electron chi connectivity index (χ3n) is 2.88. The number of rotatable bonds is 8. The van der Waals surface area contributed by atoms with E-state index in [2.05, 4.69) is 17.1 Å². The summed E-state index contributed by atoms with van der Waals surface area (Å²) in [5.41, 5.74) is 6.63. The van der Waals surface area contributed by atoms with Crippen LogP contribution in [0.1, 0.15) is 37.5 Å². The van der Waals surface area contributed by atoms with Crippen LogP contribution in [0.2, 0.25) is 0 Å². The van der Waals surface area contributed by atoms with Gasteiger partial charge in [0, 0.05) is 13.0 Å². The quantitative estimate of drug-likeness (QED) is 0.804. The van der Waals surface area contributed by atoms with Gasteiger partial charge in [-0.05, 0) is 31.0 Å². The minimum absolute atomic E-state index is 0.221. The Morgan fingerprint density at radius 1 is 1.19 bits per heavy atom. The van der Waals surface area contributed by atoms with E-state index in [-0.39, 0.29) is 6.61 Å². The maximum Gasteiger partial charge on any atom is 0.264 e. The van der Waals surface area contributed by atoms with Gasteiger partial charge < -0.3 is 19.7 Å². The molecule has 21 heavy (non-hydrogen) atoms. The van der Waals surface area contributed by atoms with E-state index in [1.807, 2.05) is 25.1 Å². The third kappa shape index (κ3) is 4.19. The molecule has 0 fully saturated rings. The lowest BCUT2D eigenvalue weighted by Crippen LogP contribution is -2.02. The van der Waals surface area contributed by atoms with Gasteiger partial charge in [-0.25, -0.2) is 0 Å².